The number of rotatable bonds is 3. The van der Waals surface area contributed by atoms with Gasteiger partial charge in [-0.3, -0.25) is 14.9 Å². The number of amides is 1. The van der Waals surface area contributed by atoms with Gasteiger partial charge >= 0.3 is 0 Å². The molecule has 0 spiro atoms. The minimum absolute atomic E-state index is 0.0117. The van der Waals surface area contributed by atoms with Crippen LogP contribution in [0.3, 0.4) is 0 Å². The molecule has 0 saturated carbocycles. The molecule has 0 atom stereocenters. The average molecular weight is 288 g/mol. The van der Waals surface area contributed by atoms with Gasteiger partial charge in [-0.25, -0.2) is 0 Å². The molecule has 0 bridgehead atoms. The molecule has 0 radical (unpaired) electrons. The smallest absolute Gasteiger partial charge is 0.296 e. The third-order valence-corrected chi connectivity index (χ3v) is 2.91. The van der Waals surface area contributed by atoms with Gasteiger partial charge in [-0.1, -0.05) is 6.07 Å². The molecule has 0 aliphatic rings. The minimum atomic E-state index is -0.695. The number of hydrogen-bond donors (Lipinski definition) is 3. The predicted octanol–water partition coefficient (Wildman–Crippen LogP) is 2.57. The third-order valence-electron chi connectivity index (χ3n) is 2.91. The summed E-state index contributed by atoms with van der Waals surface area (Å²) in [5.41, 5.74) is 0.0793. The van der Waals surface area contributed by atoms with E-state index in [-0.39, 0.29) is 17.0 Å². The van der Waals surface area contributed by atoms with E-state index in [0.29, 0.717) is 5.56 Å². The Morgan fingerprint density at radius 2 is 1.95 bits per heavy atom. The van der Waals surface area contributed by atoms with Gasteiger partial charge in [-0.05, 0) is 36.8 Å². The number of aryl methyl sites for hydroxylation is 1. The zero-order valence-corrected chi connectivity index (χ0v) is 11.0. The summed E-state index contributed by atoms with van der Waals surface area (Å²) < 4.78 is 0. The number of phenols is 2. The first-order valence-corrected chi connectivity index (χ1v) is 5.97. The van der Waals surface area contributed by atoms with E-state index in [1.807, 2.05) is 0 Å². The molecule has 2 aromatic rings. The van der Waals surface area contributed by atoms with Crippen LogP contribution in [0.25, 0.3) is 0 Å². The van der Waals surface area contributed by atoms with Crippen LogP contribution in [-0.4, -0.2) is 21.0 Å². The fourth-order valence-corrected chi connectivity index (χ4v) is 1.89. The molecule has 0 aliphatic heterocycles. The molecule has 2 aromatic carbocycles. The highest BCUT2D eigenvalue weighted by Crippen LogP contribution is 2.33. The van der Waals surface area contributed by atoms with E-state index in [2.05, 4.69) is 5.32 Å². The van der Waals surface area contributed by atoms with Crippen molar-refractivity contribution >= 4 is 17.3 Å². The molecular weight excluding hydrogens is 276 g/mol. The standard InChI is InChI=1S/C14H12N2O5/c1-8-7-9(17)5-6-10(8)14(19)15-13-11(16(20)21)3-2-4-12(13)18/h2-7,17-18H,1H3,(H,15,19). The van der Waals surface area contributed by atoms with Crippen LogP contribution in [0.15, 0.2) is 36.4 Å². The van der Waals surface area contributed by atoms with Crippen LogP contribution in [0.1, 0.15) is 15.9 Å². The number of benzene rings is 2. The first-order valence-electron chi connectivity index (χ1n) is 5.97. The number of nitrogens with one attached hydrogen (secondary N) is 1. The van der Waals surface area contributed by atoms with Gasteiger partial charge in [-0.15, -0.1) is 0 Å². The maximum atomic E-state index is 12.1. The van der Waals surface area contributed by atoms with Crippen molar-refractivity contribution < 1.29 is 19.9 Å². The Labute approximate surface area is 119 Å². The number of para-hydroxylation sites is 1. The second kappa shape index (κ2) is 5.49. The number of nitro groups is 1. The lowest BCUT2D eigenvalue weighted by atomic mass is 10.1. The highest BCUT2D eigenvalue weighted by molar-refractivity contribution is 6.07. The summed E-state index contributed by atoms with van der Waals surface area (Å²) in [7, 11) is 0. The summed E-state index contributed by atoms with van der Waals surface area (Å²) in [5, 5.41) is 32.2. The van der Waals surface area contributed by atoms with Crippen molar-refractivity contribution in [1.29, 1.82) is 0 Å². The molecule has 3 N–H and O–H groups in total. The van der Waals surface area contributed by atoms with Crippen LogP contribution >= 0.6 is 0 Å². The van der Waals surface area contributed by atoms with Gasteiger partial charge < -0.3 is 15.5 Å². The largest absolute Gasteiger partial charge is 0.508 e. The van der Waals surface area contributed by atoms with Gasteiger partial charge in [0.05, 0.1) is 4.92 Å². The van der Waals surface area contributed by atoms with Crippen LogP contribution in [0, 0.1) is 17.0 Å². The molecule has 0 heterocycles. The van der Waals surface area contributed by atoms with Gasteiger partial charge in [0.1, 0.15) is 11.5 Å². The number of hydrogen-bond acceptors (Lipinski definition) is 5. The van der Waals surface area contributed by atoms with E-state index >= 15 is 0 Å². The fraction of sp³-hybridized carbons (Fsp3) is 0.0714. The van der Waals surface area contributed by atoms with Crippen molar-refractivity contribution in [2.24, 2.45) is 0 Å². The number of anilines is 1. The second-order valence-corrected chi connectivity index (χ2v) is 4.38. The monoisotopic (exact) mass is 288 g/mol. The van der Waals surface area contributed by atoms with E-state index < -0.39 is 22.3 Å². The highest BCUT2D eigenvalue weighted by Gasteiger charge is 2.20. The molecule has 2 rings (SSSR count). The van der Waals surface area contributed by atoms with E-state index in [1.54, 1.807) is 6.92 Å². The number of phenolic OH excluding ortho intramolecular Hbond substituents is 2. The van der Waals surface area contributed by atoms with Gasteiger partial charge in [-0.2, -0.15) is 0 Å². The van der Waals surface area contributed by atoms with Gasteiger partial charge in [0, 0.05) is 11.6 Å². The summed E-state index contributed by atoms with van der Waals surface area (Å²) in [6.45, 7) is 1.62. The first kappa shape index (κ1) is 14.3. The van der Waals surface area contributed by atoms with Crippen LogP contribution in [0.2, 0.25) is 0 Å². The summed E-state index contributed by atoms with van der Waals surface area (Å²) >= 11 is 0. The van der Waals surface area contributed by atoms with Crippen LogP contribution in [-0.2, 0) is 0 Å². The molecule has 7 heteroatoms. The third kappa shape index (κ3) is 2.92. The Hall–Kier alpha value is -3.09. The molecule has 0 aliphatic carbocycles. The first-order chi connectivity index (χ1) is 9.90. The Morgan fingerprint density at radius 3 is 2.57 bits per heavy atom. The van der Waals surface area contributed by atoms with E-state index in [0.717, 1.165) is 0 Å². The minimum Gasteiger partial charge on any atom is -0.508 e. The van der Waals surface area contributed by atoms with Crippen LogP contribution in [0.4, 0.5) is 11.4 Å². The fourth-order valence-electron chi connectivity index (χ4n) is 1.89. The van der Waals surface area contributed by atoms with Crippen molar-refractivity contribution in [3.63, 3.8) is 0 Å². The van der Waals surface area contributed by atoms with Crippen molar-refractivity contribution in [1.82, 2.24) is 0 Å². The maximum absolute atomic E-state index is 12.1. The number of carbonyl (C=O) groups excluding carboxylic acids is 1. The molecule has 0 saturated heterocycles. The van der Waals surface area contributed by atoms with Gasteiger partial charge in [0.2, 0.25) is 0 Å². The quantitative estimate of drug-likeness (QED) is 0.456. The van der Waals surface area contributed by atoms with Crippen molar-refractivity contribution in [3.05, 3.63) is 57.6 Å². The van der Waals surface area contributed by atoms with E-state index in [4.69, 9.17) is 0 Å². The maximum Gasteiger partial charge on any atom is 0.296 e. The van der Waals surface area contributed by atoms with Crippen molar-refractivity contribution in [2.75, 3.05) is 5.32 Å². The molecule has 7 nitrogen and oxygen atoms in total. The molecule has 0 unspecified atom stereocenters. The summed E-state index contributed by atoms with van der Waals surface area (Å²) in [6.07, 6.45) is 0. The Balaban J connectivity index is 2.38. The lowest BCUT2D eigenvalue weighted by Gasteiger charge is -2.09. The predicted molar refractivity (Wildman–Crippen MR) is 75.6 cm³/mol. The number of nitro benzene ring substituents is 1. The topological polar surface area (TPSA) is 113 Å². The lowest BCUT2D eigenvalue weighted by Crippen LogP contribution is -2.14. The average Bonchev–Trinajstić information content (AvgIpc) is 2.40. The Bertz CT molecular complexity index is 727. The van der Waals surface area contributed by atoms with E-state index in [1.165, 1.54) is 36.4 Å². The van der Waals surface area contributed by atoms with Gasteiger partial charge in [0.25, 0.3) is 11.6 Å². The molecule has 0 aromatic heterocycles. The van der Waals surface area contributed by atoms with Crippen molar-refractivity contribution in [2.45, 2.75) is 6.92 Å². The Kier molecular flexibility index (Phi) is 3.75. The second-order valence-electron chi connectivity index (χ2n) is 4.38. The van der Waals surface area contributed by atoms with E-state index in [9.17, 15) is 25.1 Å². The van der Waals surface area contributed by atoms with Crippen LogP contribution in [0.5, 0.6) is 11.5 Å². The molecule has 0 fully saturated rings. The lowest BCUT2D eigenvalue weighted by molar-refractivity contribution is -0.384. The molecule has 1 amide bonds. The summed E-state index contributed by atoms with van der Waals surface area (Å²) in [5.74, 6) is -0.997. The number of carbonyl (C=O) groups is 1. The zero-order chi connectivity index (χ0) is 15.6. The zero-order valence-electron chi connectivity index (χ0n) is 11.0. The number of aromatic hydroxyl groups is 2. The summed E-state index contributed by atoms with van der Waals surface area (Å²) in [6, 6.07) is 7.86. The van der Waals surface area contributed by atoms with Crippen molar-refractivity contribution in [3.8, 4) is 11.5 Å². The SMILES string of the molecule is Cc1cc(O)ccc1C(=O)Nc1c(O)cccc1[N+](=O)[O-]. The normalized spacial score (nSPS) is 10.1. The van der Waals surface area contributed by atoms with Crippen LogP contribution < -0.4 is 5.32 Å². The summed E-state index contributed by atoms with van der Waals surface area (Å²) in [4.78, 5) is 22.4. The molecular formula is C14H12N2O5. The molecule has 21 heavy (non-hydrogen) atoms. The Morgan fingerprint density at radius 1 is 1.24 bits per heavy atom. The highest BCUT2D eigenvalue weighted by atomic mass is 16.6. The van der Waals surface area contributed by atoms with Gasteiger partial charge in [0.15, 0.2) is 5.69 Å². The number of nitrogens with zero attached hydrogens (tertiary/aromatic N) is 1. The molecule has 108 valence electrons.